The Morgan fingerprint density at radius 2 is 1.55 bits per heavy atom. The summed E-state index contributed by atoms with van der Waals surface area (Å²) in [5.41, 5.74) is 0.0373. The van der Waals surface area contributed by atoms with E-state index in [9.17, 15) is 32.0 Å². The van der Waals surface area contributed by atoms with Crippen molar-refractivity contribution in [3.63, 3.8) is 0 Å². The number of carbonyl (C=O) groups is 4. The maximum absolute atomic E-state index is 13.0. The van der Waals surface area contributed by atoms with Crippen molar-refractivity contribution in [1.29, 1.82) is 0 Å². The fourth-order valence-corrected chi connectivity index (χ4v) is 4.86. The number of ether oxygens (including phenoxy) is 1. The molecule has 0 saturated carbocycles. The van der Waals surface area contributed by atoms with Crippen LogP contribution in [-0.4, -0.2) is 56.1 Å². The number of benzene rings is 2. The second-order valence-corrected chi connectivity index (χ2v) is 8.95. The van der Waals surface area contributed by atoms with Crippen LogP contribution in [0.15, 0.2) is 58.3 Å². The number of ketones is 1. The van der Waals surface area contributed by atoms with E-state index in [-0.39, 0.29) is 21.2 Å². The third-order valence-electron chi connectivity index (χ3n) is 4.84. The highest BCUT2D eigenvalue weighted by Crippen LogP contribution is 2.44. The van der Waals surface area contributed by atoms with Crippen molar-refractivity contribution in [3.05, 3.63) is 48.5 Å². The van der Waals surface area contributed by atoms with Gasteiger partial charge >= 0.3 is 12.1 Å². The second kappa shape index (κ2) is 9.36. The van der Waals surface area contributed by atoms with Gasteiger partial charge in [0.2, 0.25) is 9.84 Å². The van der Waals surface area contributed by atoms with Crippen LogP contribution in [0.1, 0.15) is 13.3 Å². The molecule has 1 heterocycles. The molecule has 2 amide bonds. The van der Waals surface area contributed by atoms with Crippen LogP contribution in [0, 0.1) is 0 Å². The lowest BCUT2D eigenvalue weighted by molar-refractivity contribution is -0.141. The van der Waals surface area contributed by atoms with Crippen molar-refractivity contribution in [3.8, 4) is 0 Å². The van der Waals surface area contributed by atoms with Crippen molar-refractivity contribution in [2.75, 3.05) is 11.6 Å². The highest BCUT2D eigenvalue weighted by molar-refractivity contribution is 7.92. The molecule has 1 aliphatic rings. The summed E-state index contributed by atoms with van der Waals surface area (Å²) in [5, 5.41) is 10.9. The van der Waals surface area contributed by atoms with E-state index in [1.807, 2.05) is 0 Å². The molecule has 0 saturated heterocycles. The monoisotopic (exact) mass is 478 g/mol. The first kappa shape index (κ1) is 23.9. The van der Waals surface area contributed by atoms with Crippen molar-refractivity contribution in [2.24, 2.45) is 0 Å². The summed E-state index contributed by atoms with van der Waals surface area (Å²) in [5.74, 6) is -3.61. The van der Waals surface area contributed by atoms with Gasteiger partial charge in [-0.05, 0) is 31.2 Å². The summed E-state index contributed by atoms with van der Waals surface area (Å²) in [7, 11) is -3.91. The predicted octanol–water partition coefficient (Wildman–Crippen LogP) is 1.99. The molecule has 1 aliphatic heterocycles. The molecule has 2 aromatic carbocycles. The molecule has 3 rings (SSSR count). The molecule has 2 aromatic rings. The van der Waals surface area contributed by atoms with Crippen molar-refractivity contribution < 1.29 is 41.8 Å². The molecule has 0 fully saturated rings. The molecule has 0 spiro atoms. The number of hydrogen-bond acceptors (Lipinski definition) is 7. The van der Waals surface area contributed by atoms with E-state index < -0.39 is 58.8 Å². The number of sulfone groups is 1. The SMILES string of the molecule is CC(OC(=O)N1c2ccccc2S(=O)(=O)c2ccccc21)C(=O)NC(CC(=O)O)C(=O)CF. The van der Waals surface area contributed by atoms with E-state index in [4.69, 9.17) is 9.84 Å². The van der Waals surface area contributed by atoms with Gasteiger partial charge in [-0.15, -0.1) is 0 Å². The summed E-state index contributed by atoms with van der Waals surface area (Å²) >= 11 is 0. The van der Waals surface area contributed by atoms with Crippen molar-refractivity contribution >= 4 is 45.0 Å². The van der Waals surface area contributed by atoms with E-state index >= 15 is 0 Å². The number of Topliss-reactive ketones (excluding diaryl/α,β-unsaturated/α-hetero) is 1. The van der Waals surface area contributed by atoms with Crippen LogP contribution in [0.5, 0.6) is 0 Å². The summed E-state index contributed by atoms with van der Waals surface area (Å²) in [4.78, 5) is 48.6. The lowest BCUT2D eigenvalue weighted by atomic mass is 10.1. The summed E-state index contributed by atoms with van der Waals surface area (Å²) < 4.78 is 43.8. The van der Waals surface area contributed by atoms with Crippen LogP contribution in [0.3, 0.4) is 0 Å². The van der Waals surface area contributed by atoms with E-state index in [0.29, 0.717) is 0 Å². The number of carbonyl (C=O) groups excluding carboxylic acids is 3. The minimum absolute atomic E-state index is 0.0187. The number of amides is 2. The van der Waals surface area contributed by atoms with Crippen molar-refractivity contribution in [2.45, 2.75) is 35.3 Å². The molecule has 10 nitrogen and oxygen atoms in total. The maximum atomic E-state index is 13.0. The van der Waals surface area contributed by atoms with Crippen LogP contribution in [0.2, 0.25) is 0 Å². The Labute approximate surface area is 187 Å². The quantitative estimate of drug-likeness (QED) is 0.614. The lowest BCUT2D eigenvalue weighted by Crippen LogP contribution is -2.48. The fourth-order valence-electron chi connectivity index (χ4n) is 3.24. The highest BCUT2D eigenvalue weighted by atomic mass is 32.2. The average molecular weight is 478 g/mol. The molecule has 0 aliphatic carbocycles. The zero-order valence-corrected chi connectivity index (χ0v) is 18.0. The molecule has 2 unspecified atom stereocenters. The molecule has 0 aromatic heterocycles. The van der Waals surface area contributed by atoms with E-state index in [1.165, 1.54) is 55.5 Å². The molecule has 12 heteroatoms. The molecule has 0 bridgehead atoms. The first-order chi connectivity index (χ1) is 15.6. The molecule has 2 atom stereocenters. The Hall–Kier alpha value is -3.80. The van der Waals surface area contributed by atoms with Gasteiger partial charge < -0.3 is 15.2 Å². The van der Waals surface area contributed by atoms with Gasteiger partial charge in [-0.25, -0.2) is 22.5 Å². The number of hydrogen-bond donors (Lipinski definition) is 2. The topological polar surface area (TPSA) is 147 Å². The normalized spacial score (nSPS) is 15.4. The Balaban J connectivity index is 1.87. The summed E-state index contributed by atoms with van der Waals surface area (Å²) in [6.45, 7) is -0.314. The zero-order valence-electron chi connectivity index (χ0n) is 17.2. The van der Waals surface area contributed by atoms with Crippen molar-refractivity contribution in [1.82, 2.24) is 5.32 Å². The number of alkyl halides is 1. The van der Waals surface area contributed by atoms with Gasteiger partial charge in [0.05, 0.1) is 27.6 Å². The van der Waals surface area contributed by atoms with E-state index in [0.717, 1.165) is 4.90 Å². The molecular formula is C21H19FN2O8S. The van der Waals surface area contributed by atoms with E-state index in [2.05, 4.69) is 5.32 Å². The Kier molecular flexibility index (Phi) is 6.77. The van der Waals surface area contributed by atoms with Crippen LogP contribution in [0.25, 0.3) is 0 Å². The standard InChI is InChI=1S/C21H19FN2O8S/c1-12(20(28)23-13(10-19(26)27)16(25)11-22)32-21(29)24-14-6-2-4-8-17(14)33(30,31)18-9-5-3-7-15(18)24/h2-9,12-13H,10-11H2,1H3,(H,23,28)(H,26,27). The van der Waals surface area contributed by atoms with Crippen LogP contribution < -0.4 is 10.2 Å². The molecule has 33 heavy (non-hydrogen) atoms. The minimum atomic E-state index is -3.91. The molecular weight excluding hydrogens is 459 g/mol. The third kappa shape index (κ3) is 4.70. The largest absolute Gasteiger partial charge is 0.481 e. The number of para-hydroxylation sites is 2. The number of fused-ring (bicyclic) bond motifs is 2. The second-order valence-electron chi connectivity index (χ2n) is 7.06. The minimum Gasteiger partial charge on any atom is -0.481 e. The smallest absolute Gasteiger partial charge is 0.419 e. The summed E-state index contributed by atoms with van der Waals surface area (Å²) in [6.07, 6.45) is -3.45. The number of nitrogens with one attached hydrogen (secondary N) is 1. The molecule has 174 valence electrons. The van der Waals surface area contributed by atoms with Gasteiger partial charge in [-0.1, -0.05) is 24.3 Å². The summed E-state index contributed by atoms with van der Waals surface area (Å²) in [6, 6.07) is 9.86. The van der Waals surface area contributed by atoms with Crippen LogP contribution in [-0.2, 0) is 29.0 Å². The Morgan fingerprint density at radius 3 is 2.03 bits per heavy atom. The van der Waals surface area contributed by atoms with Gasteiger partial charge in [0.25, 0.3) is 5.91 Å². The number of aliphatic carboxylic acids is 1. The van der Waals surface area contributed by atoms with Crippen LogP contribution >= 0.6 is 0 Å². The highest BCUT2D eigenvalue weighted by Gasteiger charge is 2.38. The molecule has 0 radical (unpaired) electrons. The lowest BCUT2D eigenvalue weighted by Gasteiger charge is -2.31. The third-order valence-corrected chi connectivity index (χ3v) is 6.68. The average Bonchev–Trinajstić information content (AvgIpc) is 2.78. The van der Waals surface area contributed by atoms with Gasteiger partial charge in [0.15, 0.2) is 11.9 Å². The maximum Gasteiger partial charge on any atom is 0.419 e. The number of nitrogens with zero attached hydrogens (tertiary/aromatic N) is 1. The number of carboxylic acid groups (broad SMARTS) is 1. The number of halogens is 1. The first-order valence-electron chi connectivity index (χ1n) is 9.62. The zero-order chi connectivity index (χ0) is 24.3. The van der Waals surface area contributed by atoms with Gasteiger partial charge in [0, 0.05) is 0 Å². The van der Waals surface area contributed by atoms with Crippen LogP contribution in [0.4, 0.5) is 20.6 Å². The van der Waals surface area contributed by atoms with Gasteiger partial charge in [-0.3, -0.25) is 14.4 Å². The number of rotatable bonds is 7. The number of carboxylic acids is 1. The first-order valence-corrected chi connectivity index (χ1v) is 11.1. The molecule has 2 N–H and O–H groups in total. The Morgan fingerprint density at radius 1 is 1.03 bits per heavy atom. The predicted molar refractivity (Wildman–Crippen MR) is 112 cm³/mol. The fraction of sp³-hybridized carbons (Fsp3) is 0.238. The Bertz CT molecular complexity index is 1180. The number of anilines is 2. The van der Waals surface area contributed by atoms with Gasteiger partial charge in [0.1, 0.15) is 12.7 Å². The van der Waals surface area contributed by atoms with Gasteiger partial charge in [-0.2, -0.15) is 0 Å². The van der Waals surface area contributed by atoms with E-state index in [1.54, 1.807) is 0 Å².